The minimum Gasteiger partial charge on any atom is -0.258 e. The molecule has 0 unspecified atom stereocenters. The second-order valence-electron chi connectivity index (χ2n) is 2.62. The van der Waals surface area contributed by atoms with Gasteiger partial charge in [-0.15, -0.1) is 11.6 Å². The molecule has 5 heteroatoms. The molecule has 0 radical (unpaired) electrons. The van der Waals surface area contributed by atoms with Crippen molar-refractivity contribution >= 4 is 28.9 Å². The van der Waals surface area contributed by atoms with Crippen LogP contribution in [0.1, 0.15) is 11.1 Å². The van der Waals surface area contributed by atoms with E-state index in [2.05, 4.69) is 0 Å². The molecule has 0 atom stereocenters. The van der Waals surface area contributed by atoms with Crippen molar-refractivity contribution in [3.8, 4) is 0 Å². The number of hydrogen-bond donors (Lipinski definition) is 0. The summed E-state index contributed by atoms with van der Waals surface area (Å²) >= 11 is 11.4. The zero-order chi connectivity index (χ0) is 10.0. The topological polar surface area (TPSA) is 43.1 Å². The minimum atomic E-state index is -0.443. The molecule has 0 amide bonds. The zero-order valence-corrected chi connectivity index (χ0v) is 8.39. The Labute approximate surface area is 85.4 Å². The van der Waals surface area contributed by atoms with E-state index < -0.39 is 4.92 Å². The Morgan fingerprint density at radius 3 is 2.62 bits per heavy atom. The molecule has 1 rings (SSSR count). The smallest absolute Gasteiger partial charge is 0.258 e. The van der Waals surface area contributed by atoms with Crippen LogP contribution in [-0.4, -0.2) is 4.92 Å². The highest BCUT2D eigenvalue weighted by molar-refractivity contribution is 6.32. The van der Waals surface area contributed by atoms with Crippen LogP contribution in [0, 0.1) is 17.0 Å². The molecule has 0 bridgehead atoms. The van der Waals surface area contributed by atoms with Crippen LogP contribution in [-0.2, 0) is 5.88 Å². The summed E-state index contributed by atoms with van der Waals surface area (Å²) in [6.45, 7) is 1.64. The van der Waals surface area contributed by atoms with E-state index in [4.69, 9.17) is 23.2 Å². The monoisotopic (exact) mass is 219 g/mol. The van der Waals surface area contributed by atoms with Gasteiger partial charge in [-0.3, -0.25) is 10.1 Å². The second kappa shape index (κ2) is 3.94. The number of hydrogen-bond acceptors (Lipinski definition) is 2. The average Bonchev–Trinajstić information content (AvgIpc) is 2.03. The fourth-order valence-electron chi connectivity index (χ4n) is 1.00. The lowest BCUT2D eigenvalue weighted by atomic mass is 10.1. The normalized spacial score (nSPS) is 10.1. The van der Waals surface area contributed by atoms with E-state index in [1.807, 2.05) is 0 Å². The van der Waals surface area contributed by atoms with Crippen molar-refractivity contribution in [3.63, 3.8) is 0 Å². The van der Waals surface area contributed by atoms with E-state index in [0.717, 1.165) is 0 Å². The van der Waals surface area contributed by atoms with Gasteiger partial charge in [-0.1, -0.05) is 11.6 Å². The largest absolute Gasteiger partial charge is 0.272 e. The quantitative estimate of drug-likeness (QED) is 0.436. The maximum absolute atomic E-state index is 10.5. The summed E-state index contributed by atoms with van der Waals surface area (Å²) in [4.78, 5) is 10.1. The van der Waals surface area contributed by atoms with E-state index in [1.54, 1.807) is 13.0 Å². The van der Waals surface area contributed by atoms with E-state index in [9.17, 15) is 10.1 Å². The average molecular weight is 220 g/mol. The molecule has 0 aromatic heterocycles. The molecule has 1 aromatic rings. The van der Waals surface area contributed by atoms with E-state index in [0.29, 0.717) is 16.1 Å². The summed E-state index contributed by atoms with van der Waals surface area (Å²) in [5.74, 6) is 0.181. The maximum atomic E-state index is 10.5. The summed E-state index contributed by atoms with van der Waals surface area (Å²) in [7, 11) is 0. The third-order valence-corrected chi connectivity index (χ3v) is 2.35. The molecule has 0 fully saturated rings. The number of nitro benzene ring substituents is 1. The van der Waals surface area contributed by atoms with E-state index >= 15 is 0 Å². The molecule has 0 aliphatic rings. The summed E-state index contributed by atoms with van der Waals surface area (Å²) in [6.07, 6.45) is 0. The maximum Gasteiger partial charge on any atom is 0.272 e. The van der Waals surface area contributed by atoms with Crippen LogP contribution in [0.3, 0.4) is 0 Å². The Morgan fingerprint density at radius 2 is 2.15 bits per heavy atom. The number of nitrogens with zero attached hydrogens (tertiary/aromatic N) is 1. The van der Waals surface area contributed by atoms with Gasteiger partial charge in [0.25, 0.3) is 5.69 Å². The Bertz CT molecular complexity index is 352. The lowest BCUT2D eigenvalue weighted by molar-refractivity contribution is -0.385. The molecule has 0 saturated heterocycles. The second-order valence-corrected chi connectivity index (χ2v) is 3.30. The highest BCUT2D eigenvalue weighted by atomic mass is 35.5. The van der Waals surface area contributed by atoms with Gasteiger partial charge in [-0.25, -0.2) is 0 Å². The number of aryl methyl sites for hydroxylation is 1. The standard InChI is InChI=1S/C8H7Cl2NO2/c1-5-2-7(10)6(4-9)3-8(5)11(12)13/h2-3H,4H2,1H3. The van der Waals surface area contributed by atoms with Crippen molar-refractivity contribution in [2.75, 3.05) is 0 Å². The lowest BCUT2D eigenvalue weighted by Gasteiger charge is -2.02. The van der Waals surface area contributed by atoms with Gasteiger partial charge in [0.05, 0.1) is 4.92 Å². The molecule has 0 aliphatic heterocycles. The van der Waals surface area contributed by atoms with Gasteiger partial charge >= 0.3 is 0 Å². The number of benzene rings is 1. The molecule has 70 valence electrons. The van der Waals surface area contributed by atoms with Gasteiger partial charge in [0.15, 0.2) is 0 Å². The van der Waals surface area contributed by atoms with Gasteiger partial charge < -0.3 is 0 Å². The van der Waals surface area contributed by atoms with Crippen molar-refractivity contribution in [1.82, 2.24) is 0 Å². The third kappa shape index (κ3) is 2.11. The van der Waals surface area contributed by atoms with Crippen LogP contribution >= 0.6 is 23.2 Å². The van der Waals surface area contributed by atoms with E-state index in [-0.39, 0.29) is 11.6 Å². The molecule has 0 saturated carbocycles. The fourth-order valence-corrected chi connectivity index (χ4v) is 1.58. The predicted molar refractivity (Wildman–Crippen MR) is 52.4 cm³/mol. The first-order valence-electron chi connectivity index (χ1n) is 3.55. The first kappa shape index (κ1) is 10.3. The number of nitro groups is 1. The lowest BCUT2D eigenvalue weighted by Crippen LogP contribution is -1.93. The number of halogens is 2. The SMILES string of the molecule is Cc1cc(Cl)c(CCl)cc1[N+](=O)[O-]. The summed E-state index contributed by atoms with van der Waals surface area (Å²) < 4.78 is 0. The van der Waals surface area contributed by atoms with E-state index in [1.165, 1.54) is 6.07 Å². The van der Waals surface area contributed by atoms with Gasteiger partial charge in [0.2, 0.25) is 0 Å². The van der Waals surface area contributed by atoms with Gasteiger partial charge in [0.1, 0.15) is 0 Å². The van der Waals surface area contributed by atoms with Gasteiger partial charge in [-0.2, -0.15) is 0 Å². The fraction of sp³-hybridized carbons (Fsp3) is 0.250. The zero-order valence-electron chi connectivity index (χ0n) is 6.88. The first-order chi connectivity index (χ1) is 6.06. The van der Waals surface area contributed by atoms with Crippen LogP contribution in [0.5, 0.6) is 0 Å². The van der Waals surface area contributed by atoms with Crippen molar-refractivity contribution in [3.05, 3.63) is 38.4 Å². The van der Waals surface area contributed by atoms with Gasteiger partial charge in [-0.05, 0) is 18.6 Å². The number of alkyl halides is 1. The molecule has 0 aliphatic carbocycles. The van der Waals surface area contributed by atoms with Crippen molar-refractivity contribution in [2.45, 2.75) is 12.8 Å². The molecule has 0 N–H and O–H groups in total. The Morgan fingerprint density at radius 1 is 1.54 bits per heavy atom. The van der Waals surface area contributed by atoms with Crippen molar-refractivity contribution in [1.29, 1.82) is 0 Å². The molecule has 13 heavy (non-hydrogen) atoms. The van der Waals surface area contributed by atoms with Crippen LogP contribution in [0.2, 0.25) is 5.02 Å². The van der Waals surface area contributed by atoms with Crippen LogP contribution < -0.4 is 0 Å². The van der Waals surface area contributed by atoms with Crippen LogP contribution in [0.15, 0.2) is 12.1 Å². The van der Waals surface area contributed by atoms with Crippen molar-refractivity contribution in [2.24, 2.45) is 0 Å². The molecular weight excluding hydrogens is 213 g/mol. The van der Waals surface area contributed by atoms with Crippen LogP contribution in [0.25, 0.3) is 0 Å². The Hall–Kier alpha value is -0.800. The summed E-state index contributed by atoms with van der Waals surface area (Å²) in [5.41, 5.74) is 1.18. The highest BCUT2D eigenvalue weighted by Gasteiger charge is 2.13. The highest BCUT2D eigenvalue weighted by Crippen LogP contribution is 2.27. The molecule has 3 nitrogen and oxygen atoms in total. The van der Waals surface area contributed by atoms with Crippen molar-refractivity contribution < 1.29 is 4.92 Å². The minimum absolute atomic E-state index is 0.0556. The summed E-state index contributed by atoms with van der Waals surface area (Å²) in [6, 6.07) is 2.96. The Balaban J connectivity index is 3.30. The molecule has 0 spiro atoms. The van der Waals surface area contributed by atoms with Gasteiger partial charge in [0, 0.05) is 22.5 Å². The summed E-state index contributed by atoms with van der Waals surface area (Å²) in [5, 5.41) is 11.0. The number of rotatable bonds is 2. The van der Waals surface area contributed by atoms with Crippen LogP contribution in [0.4, 0.5) is 5.69 Å². The third-order valence-electron chi connectivity index (χ3n) is 1.71. The Kier molecular flexibility index (Phi) is 3.12. The molecule has 1 aromatic carbocycles. The molecule has 0 heterocycles. The first-order valence-corrected chi connectivity index (χ1v) is 4.47. The molecular formula is C8H7Cl2NO2. The predicted octanol–water partition coefficient (Wildman–Crippen LogP) is 3.30.